The van der Waals surface area contributed by atoms with Gasteiger partial charge >= 0.3 is 0 Å². The van der Waals surface area contributed by atoms with Crippen LogP contribution in [0.25, 0.3) is 0 Å². The molecular weight excluding hydrogens is 284 g/mol. The van der Waals surface area contributed by atoms with E-state index in [0.29, 0.717) is 24.4 Å². The molecule has 1 aliphatic heterocycles. The van der Waals surface area contributed by atoms with Crippen molar-refractivity contribution in [2.75, 3.05) is 26.7 Å². The second kappa shape index (κ2) is 7.06. The van der Waals surface area contributed by atoms with Gasteiger partial charge in [0.15, 0.2) is 5.78 Å². The van der Waals surface area contributed by atoms with Gasteiger partial charge in [-0.2, -0.15) is 0 Å². The Balaban J connectivity index is 1.96. The summed E-state index contributed by atoms with van der Waals surface area (Å²) in [5.41, 5.74) is 1.45. The van der Waals surface area contributed by atoms with Crippen LogP contribution in [0.4, 0.5) is 0 Å². The zero-order valence-corrected chi connectivity index (χ0v) is 12.8. The highest BCUT2D eigenvalue weighted by molar-refractivity contribution is 6.00. The first kappa shape index (κ1) is 16.0. The van der Waals surface area contributed by atoms with Gasteiger partial charge < -0.3 is 15.0 Å². The number of piperazine rings is 1. The molecular formula is C16H20N2O4. The standard InChI is InChI=1S/C16H20N2O4/c1-11-3-5-14(22-2)12(9-11)13(19)4-6-16(21)18-8-7-17-15(20)10-18/h3,5,9H,4,6-8,10H2,1-2H3,(H,17,20). The van der Waals surface area contributed by atoms with Gasteiger partial charge in [0.05, 0.1) is 19.2 Å². The monoisotopic (exact) mass is 304 g/mol. The Morgan fingerprint density at radius 1 is 1.32 bits per heavy atom. The fourth-order valence-corrected chi connectivity index (χ4v) is 2.40. The highest BCUT2D eigenvalue weighted by Gasteiger charge is 2.22. The average Bonchev–Trinajstić information content (AvgIpc) is 2.52. The van der Waals surface area contributed by atoms with Crippen molar-refractivity contribution in [3.05, 3.63) is 29.3 Å². The lowest BCUT2D eigenvalue weighted by molar-refractivity contribution is -0.138. The molecule has 0 aliphatic carbocycles. The van der Waals surface area contributed by atoms with E-state index in [4.69, 9.17) is 4.74 Å². The quantitative estimate of drug-likeness (QED) is 0.821. The molecule has 2 amide bonds. The first-order chi connectivity index (χ1) is 10.5. The molecule has 0 radical (unpaired) electrons. The van der Waals surface area contributed by atoms with Gasteiger partial charge in [-0.3, -0.25) is 14.4 Å². The number of nitrogens with zero attached hydrogens (tertiary/aromatic N) is 1. The van der Waals surface area contributed by atoms with Crippen LogP contribution in [0.3, 0.4) is 0 Å². The zero-order chi connectivity index (χ0) is 16.1. The fraction of sp³-hybridized carbons (Fsp3) is 0.438. The molecule has 0 atom stereocenters. The number of hydrogen-bond acceptors (Lipinski definition) is 4. The van der Waals surface area contributed by atoms with E-state index in [-0.39, 0.29) is 37.0 Å². The lowest BCUT2D eigenvalue weighted by Gasteiger charge is -2.26. The molecule has 1 aliphatic rings. The fourth-order valence-electron chi connectivity index (χ4n) is 2.40. The third kappa shape index (κ3) is 3.84. The summed E-state index contributed by atoms with van der Waals surface area (Å²) in [6.45, 7) is 2.92. The van der Waals surface area contributed by atoms with Gasteiger partial charge in [0.1, 0.15) is 5.75 Å². The van der Waals surface area contributed by atoms with E-state index in [0.717, 1.165) is 5.56 Å². The number of hydrogen-bond donors (Lipinski definition) is 1. The van der Waals surface area contributed by atoms with Crippen LogP contribution in [0, 0.1) is 6.92 Å². The van der Waals surface area contributed by atoms with Gasteiger partial charge in [0, 0.05) is 25.9 Å². The number of ketones is 1. The number of methoxy groups -OCH3 is 1. The predicted molar refractivity (Wildman–Crippen MR) is 80.9 cm³/mol. The summed E-state index contributed by atoms with van der Waals surface area (Å²) in [6, 6.07) is 5.38. The first-order valence-electron chi connectivity index (χ1n) is 7.23. The molecule has 2 rings (SSSR count). The third-order valence-electron chi connectivity index (χ3n) is 3.61. The van der Waals surface area contributed by atoms with Gasteiger partial charge in [0.25, 0.3) is 0 Å². The molecule has 1 fully saturated rings. The molecule has 6 nitrogen and oxygen atoms in total. The Hall–Kier alpha value is -2.37. The summed E-state index contributed by atoms with van der Waals surface area (Å²) in [5.74, 6) is 0.0526. The number of carbonyl (C=O) groups excluding carboxylic acids is 3. The van der Waals surface area contributed by atoms with Gasteiger partial charge in [-0.1, -0.05) is 11.6 Å². The minimum atomic E-state index is -0.171. The largest absolute Gasteiger partial charge is 0.496 e. The van der Waals surface area contributed by atoms with Crippen LogP contribution >= 0.6 is 0 Å². The average molecular weight is 304 g/mol. The molecule has 0 saturated carbocycles. The highest BCUT2D eigenvalue weighted by atomic mass is 16.5. The van der Waals surface area contributed by atoms with Gasteiger partial charge in [-0.05, 0) is 19.1 Å². The number of carbonyl (C=O) groups is 3. The van der Waals surface area contributed by atoms with Crippen LogP contribution < -0.4 is 10.1 Å². The van der Waals surface area contributed by atoms with Crippen molar-refractivity contribution < 1.29 is 19.1 Å². The SMILES string of the molecule is COc1ccc(C)cc1C(=O)CCC(=O)N1CCNC(=O)C1. The topological polar surface area (TPSA) is 75.7 Å². The molecule has 0 unspecified atom stereocenters. The normalized spacial score (nSPS) is 14.5. The van der Waals surface area contributed by atoms with E-state index in [1.54, 1.807) is 12.1 Å². The number of benzene rings is 1. The van der Waals surface area contributed by atoms with E-state index in [9.17, 15) is 14.4 Å². The van der Waals surface area contributed by atoms with Gasteiger partial charge in [0.2, 0.25) is 11.8 Å². The Bertz CT molecular complexity index is 598. The Labute approximate surface area is 129 Å². The molecule has 1 aromatic carbocycles. The summed E-state index contributed by atoms with van der Waals surface area (Å²) in [5, 5.41) is 2.66. The van der Waals surface area contributed by atoms with Crippen LogP contribution in [0.5, 0.6) is 5.75 Å². The summed E-state index contributed by atoms with van der Waals surface area (Å²) in [7, 11) is 1.51. The number of aryl methyl sites for hydroxylation is 1. The number of amides is 2. The molecule has 0 aromatic heterocycles. The van der Waals surface area contributed by atoms with Gasteiger partial charge in [-0.15, -0.1) is 0 Å². The summed E-state index contributed by atoms with van der Waals surface area (Å²) in [6.07, 6.45) is 0.208. The van der Waals surface area contributed by atoms with E-state index >= 15 is 0 Å². The van der Waals surface area contributed by atoms with E-state index < -0.39 is 0 Å². The second-order valence-corrected chi connectivity index (χ2v) is 5.29. The second-order valence-electron chi connectivity index (χ2n) is 5.29. The van der Waals surface area contributed by atoms with Crippen LogP contribution in [-0.2, 0) is 9.59 Å². The van der Waals surface area contributed by atoms with E-state index in [1.807, 2.05) is 13.0 Å². The zero-order valence-electron chi connectivity index (χ0n) is 12.8. The van der Waals surface area contributed by atoms with Crippen molar-refractivity contribution in [2.24, 2.45) is 0 Å². The summed E-state index contributed by atoms with van der Waals surface area (Å²) < 4.78 is 5.19. The highest BCUT2D eigenvalue weighted by Crippen LogP contribution is 2.21. The van der Waals surface area contributed by atoms with Crippen LogP contribution in [-0.4, -0.2) is 49.2 Å². The van der Waals surface area contributed by atoms with Crippen LogP contribution in [0.2, 0.25) is 0 Å². The van der Waals surface area contributed by atoms with E-state index in [1.165, 1.54) is 12.0 Å². The summed E-state index contributed by atoms with van der Waals surface area (Å²) in [4.78, 5) is 37.1. The number of Topliss-reactive ketones (excluding diaryl/α,β-unsaturated/α-hetero) is 1. The lowest BCUT2D eigenvalue weighted by Crippen LogP contribution is -2.50. The molecule has 6 heteroatoms. The van der Waals surface area contributed by atoms with Crippen molar-refractivity contribution in [1.82, 2.24) is 10.2 Å². The molecule has 118 valence electrons. The van der Waals surface area contributed by atoms with Crippen molar-refractivity contribution in [2.45, 2.75) is 19.8 Å². The van der Waals surface area contributed by atoms with Crippen molar-refractivity contribution in [1.29, 1.82) is 0 Å². The number of ether oxygens (including phenoxy) is 1. The predicted octanol–water partition coefficient (Wildman–Crippen LogP) is 0.925. The Kier molecular flexibility index (Phi) is 5.14. The molecule has 22 heavy (non-hydrogen) atoms. The Morgan fingerprint density at radius 3 is 2.77 bits per heavy atom. The first-order valence-corrected chi connectivity index (χ1v) is 7.23. The molecule has 1 heterocycles. The molecule has 1 saturated heterocycles. The maximum atomic E-state index is 12.3. The third-order valence-corrected chi connectivity index (χ3v) is 3.61. The van der Waals surface area contributed by atoms with Crippen molar-refractivity contribution in [3.8, 4) is 5.75 Å². The molecule has 0 spiro atoms. The smallest absolute Gasteiger partial charge is 0.239 e. The minimum absolute atomic E-state index is 0.0702. The lowest BCUT2D eigenvalue weighted by atomic mass is 10.0. The molecule has 1 N–H and O–H groups in total. The maximum absolute atomic E-state index is 12.3. The number of nitrogens with one attached hydrogen (secondary N) is 1. The molecule has 1 aromatic rings. The van der Waals surface area contributed by atoms with Crippen molar-refractivity contribution in [3.63, 3.8) is 0 Å². The van der Waals surface area contributed by atoms with Gasteiger partial charge in [-0.25, -0.2) is 0 Å². The van der Waals surface area contributed by atoms with Crippen LogP contribution in [0.1, 0.15) is 28.8 Å². The minimum Gasteiger partial charge on any atom is -0.496 e. The maximum Gasteiger partial charge on any atom is 0.239 e. The van der Waals surface area contributed by atoms with E-state index in [2.05, 4.69) is 5.32 Å². The van der Waals surface area contributed by atoms with Crippen LogP contribution in [0.15, 0.2) is 18.2 Å². The number of rotatable bonds is 5. The molecule has 0 bridgehead atoms. The van der Waals surface area contributed by atoms with Crippen molar-refractivity contribution >= 4 is 17.6 Å². The summed E-state index contributed by atoms with van der Waals surface area (Å²) >= 11 is 0. The Morgan fingerprint density at radius 2 is 2.09 bits per heavy atom.